The van der Waals surface area contributed by atoms with E-state index in [0.717, 1.165) is 62.0 Å². The van der Waals surface area contributed by atoms with Crippen molar-refractivity contribution in [3.8, 4) is 0 Å². The molecule has 2 heterocycles. The zero-order valence-electron chi connectivity index (χ0n) is 18.5. The number of hydrogen-bond acceptors (Lipinski definition) is 4. The third-order valence-corrected chi connectivity index (χ3v) is 5.58. The zero-order valence-corrected chi connectivity index (χ0v) is 20.8. The Morgan fingerprint density at radius 3 is 2.47 bits per heavy atom. The summed E-state index contributed by atoms with van der Waals surface area (Å²) < 4.78 is 5.48. The Bertz CT molecular complexity index is 750. The smallest absolute Gasteiger partial charge is 0.191 e. The molecule has 2 N–H and O–H groups in total. The van der Waals surface area contributed by atoms with Gasteiger partial charge in [0.2, 0.25) is 0 Å². The number of benzene rings is 1. The number of aromatic nitrogens is 1. The highest BCUT2D eigenvalue weighted by Crippen LogP contribution is 2.24. The highest BCUT2D eigenvalue weighted by molar-refractivity contribution is 14.0. The molecule has 0 radical (unpaired) electrons. The first-order valence-corrected chi connectivity index (χ1v) is 11.0. The van der Waals surface area contributed by atoms with Crippen molar-refractivity contribution in [3.05, 3.63) is 52.9 Å². The van der Waals surface area contributed by atoms with Crippen molar-refractivity contribution in [1.82, 2.24) is 20.7 Å². The van der Waals surface area contributed by atoms with Gasteiger partial charge >= 0.3 is 0 Å². The fourth-order valence-electron chi connectivity index (χ4n) is 4.00. The molecule has 1 aromatic carbocycles. The Morgan fingerprint density at radius 2 is 1.83 bits per heavy atom. The van der Waals surface area contributed by atoms with Crippen LogP contribution in [0.5, 0.6) is 0 Å². The van der Waals surface area contributed by atoms with Gasteiger partial charge < -0.3 is 15.2 Å². The molecule has 166 valence electrons. The molecule has 2 aromatic rings. The molecule has 30 heavy (non-hydrogen) atoms. The lowest BCUT2D eigenvalue weighted by molar-refractivity contribution is 0.245. The first kappa shape index (κ1) is 24.7. The molecule has 1 aliphatic heterocycles. The minimum atomic E-state index is 0. The summed E-state index contributed by atoms with van der Waals surface area (Å²) in [5, 5.41) is 11.2. The Morgan fingerprint density at radius 1 is 1.10 bits per heavy atom. The molecule has 0 amide bonds. The third-order valence-electron chi connectivity index (χ3n) is 5.58. The molecular weight excluding hydrogens is 489 g/mol. The highest BCUT2D eigenvalue weighted by Gasteiger charge is 2.23. The predicted octanol–water partition coefficient (Wildman–Crippen LogP) is 4.31. The highest BCUT2D eigenvalue weighted by atomic mass is 127. The van der Waals surface area contributed by atoms with Crippen LogP contribution in [-0.4, -0.2) is 42.2 Å². The van der Waals surface area contributed by atoms with Crippen molar-refractivity contribution < 1.29 is 4.52 Å². The fourth-order valence-corrected chi connectivity index (χ4v) is 4.00. The van der Waals surface area contributed by atoms with Crippen LogP contribution in [0.15, 0.2) is 39.8 Å². The second-order valence-corrected chi connectivity index (χ2v) is 7.48. The molecule has 1 unspecified atom stereocenters. The Hall–Kier alpha value is -1.61. The van der Waals surface area contributed by atoms with Gasteiger partial charge in [-0.25, -0.2) is 4.99 Å². The molecule has 0 spiro atoms. The number of aryl methyl sites for hydroxylation is 2. The average Bonchev–Trinajstić information content (AvgIpc) is 3.42. The summed E-state index contributed by atoms with van der Waals surface area (Å²) in [6.45, 7) is 10.9. The van der Waals surface area contributed by atoms with Gasteiger partial charge in [0.25, 0.3) is 0 Å². The van der Waals surface area contributed by atoms with Gasteiger partial charge in [-0.2, -0.15) is 0 Å². The van der Waals surface area contributed by atoms with Gasteiger partial charge in [0.15, 0.2) is 5.96 Å². The van der Waals surface area contributed by atoms with Gasteiger partial charge in [0, 0.05) is 25.1 Å². The van der Waals surface area contributed by atoms with Crippen molar-refractivity contribution in [2.75, 3.05) is 26.2 Å². The summed E-state index contributed by atoms with van der Waals surface area (Å²) in [5.41, 5.74) is 3.50. The van der Waals surface area contributed by atoms with E-state index >= 15 is 0 Å². The number of hydrogen-bond donors (Lipinski definition) is 2. The van der Waals surface area contributed by atoms with Gasteiger partial charge in [-0.3, -0.25) is 4.90 Å². The summed E-state index contributed by atoms with van der Waals surface area (Å²) in [7, 11) is 0. The fraction of sp³-hybridized carbons (Fsp3) is 0.565. The van der Waals surface area contributed by atoms with Crippen LogP contribution in [0.2, 0.25) is 0 Å². The first-order valence-electron chi connectivity index (χ1n) is 11.0. The van der Waals surface area contributed by atoms with E-state index < -0.39 is 0 Å². The van der Waals surface area contributed by atoms with Crippen LogP contribution in [0.25, 0.3) is 0 Å². The van der Waals surface area contributed by atoms with Gasteiger partial charge in [-0.15, -0.1) is 24.0 Å². The lowest BCUT2D eigenvalue weighted by Crippen LogP contribution is -2.42. The molecule has 1 aromatic heterocycles. The van der Waals surface area contributed by atoms with Crippen molar-refractivity contribution in [2.45, 2.75) is 59.0 Å². The number of nitrogens with one attached hydrogen (secondary N) is 2. The van der Waals surface area contributed by atoms with E-state index in [1.807, 2.05) is 0 Å². The molecule has 0 bridgehead atoms. The molecule has 0 aliphatic carbocycles. The normalized spacial score (nSPS) is 15.6. The van der Waals surface area contributed by atoms with E-state index in [2.05, 4.69) is 71.8 Å². The maximum atomic E-state index is 5.48. The maximum absolute atomic E-state index is 5.48. The van der Waals surface area contributed by atoms with E-state index in [-0.39, 0.29) is 24.0 Å². The van der Waals surface area contributed by atoms with Crippen LogP contribution in [0.3, 0.4) is 0 Å². The molecular formula is C23H36IN5O. The summed E-state index contributed by atoms with van der Waals surface area (Å²) in [6, 6.07) is 11.2. The summed E-state index contributed by atoms with van der Waals surface area (Å²) in [6.07, 6.45) is 4.27. The Kier molecular flexibility index (Phi) is 10.6. The van der Waals surface area contributed by atoms with Gasteiger partial charge in [-0.05, 0) is 44.8 Å². The van der Waals surface area contributed by atoms with Crippen LogP contribution in [-0.2, 0) is 19.4 Å². The van der Waals surface area contributed by atoms with Crippen molar-refractivity contribution in [3.63, 3.8) is 0 Å². The van der Waals surface area contributed by atoms with E-state index in [4.69, 9.17) is 9.52 Å². The average molecular weight is 525 g/mol. The van der Waals surface area contributed by atoms with Crippen LogP contribution in [0, 0.1) is 0 Å². The quantitative estimate of drug-likeness (QED) is 0.290. The summed E-state index contributed by atoms with van der Waals surface area (Å²) >= 11 is 0. The van der Waals surface area contributed by atoms with Gasteiger partial charge in [-0.1, -0.05) is 49.3 Å². The molecule has 0 saturated carbocycles. The summed E-state index contributed by atoms with van der Waals surface area (Å²) in [5.74, 6) is 1.79. The van der Waals surface area contributed by atoms with Crippen LogP contribution < -0.4 is 10.6 Å². The summed E-state index contributed by atoms with van der Waals surface area (Å²) in [4.78, 5) is 7.42. The minimum absolute atomic E-state index is 0. The molecule has 1 saturated heterocycles. The van der Waals surface area contributed by atoms with Crippen LogP contribution in [0.4, 0.5) is 0 Å². The maximum Gasteiger partial charge on any atom is 0.191 e. The number of guanidine groups is 1. The number of rotatable bonds is 9. The molecule has 1 aliphatic rings. The second kappa shape index (κ2) is 12.9. The lowest BCUT2D eigenvalue weighted by Gasteiger charge is -2.29. The molecule has 6 nitrogen and oxygen atoms in total. The Labute approximate surface area is 197 Å². The van der Waals surface area contributed by atoms with E-state index in [1.165, 1.54) is 18.4 Å². The van der Waals surface area contributed by atoms with Crippen molar-refractivity contribution in [2.24, 2.45) is 4.99 Å². The standard InChI is InChI=1S/C23H35N5O.HI/c1-4-20-19(22(5-2)29-27-20)16-25-23(24-6-3)26-17-21(28-14-10-11-15-28)18-12-8-7-9-13-18;/h7-9,12-13,21H,4-6,10-11,14-17H2,1-3H3,(H2,24,25,26);1H. The molecule has 1 fully saturated rings. The van der Waals surface area contributed by atoms with E-state index in [1.54, 1.807) is 0 Å². The zero-order chi connectivity index (χ0) is 20.5. The number of halogens is 1. The molecule has 3 rings (SSSR count). The van der Waals surface area contributed by atoms with E-state index in [9.17, 15) is 0 Å². The number of nitrogens with zero attached hydrogens (tertiary/aromatic N) is 3. The van der Waals surface area contributed by atoms with Crippen LogP contribution in [0.1, 0.15) is 62.2 Å². The number of aliphatic imine (C=N–C) groups is 1. The lowest BCUT2D eigenvalue weighted by atomic mass is 10.1. The van der Waals surface area contributed by atoms with Gasteiger partial charge in [0.05, 0.1) is 18.3 Å². The Balaban J connectivity index is 0.00000320. The molecule has 1 atom stereocenters. The minimum Gasteiger partial charge on any atom is -0.361 e. The first-order chi connectivity index (χ1) is 14.3. The van der Waals surface area contributed by atoms with Gasteiger partial charge in [0.1, 0.15) is 5.76 Å². The topological polar surface area (TPSA) is 65.7 Å². The third kappa shape index (κ3) is 6.44. The molecule has 7 heteroatoms. The number of likely N-dealkylation sites (tertiary alicyclic amines) is 1. The van der Waals surface area contributed by atoms with Crippen LogP contribution >= 0.6 is 24.0 Å². The van der Waals surface area contributed by atoms with Crippen molar-refractivity contribution >= 4 is 29.9 Å². The SMILES string of the molecule is CCNC(=NCc1c(CC)noc1CC)NCC(c1ccccc1)N1CCCC1.I. The monoisotopic (exact) mass is 525 g/mol. The predicted molar refractivity (Wildman–Crippen MR) is 133 cm³/mol. The van der Waals surface area contributed by atoms with Crippen molar-refractivity contribution in [1.29, 1.82) is 0 Å². The van der Waals surface area contributed by atoms with E-state index in [0.29, 0.717) is 12.6 Å². The second-order valence-electron chi connectivity index (χ2n) is 7.48. The largest absolute Gasteiger partial charge is 0.361 e.